The van der Waals surface area contributed by atoms with E-state index in [0.717, 1.165) is 24.3 Å². The zero-order chi connectivity index (χ0) is 22.9. The number of carbonyl (C=O) groups is 1. The Balaban J connectivity index is 1.33. The third kappa shape index (κ3) is 5.18. The van der Waals surface area contributed by atoms with E-state index >= 15 is 0 Å². The monoisotopic (exact) mass is 456 g/mol. The van der Waals surface area contributed by atoms with Crippen LogP contribution in [0, 0.1) is 11.6 Å². The molecule has 32 heavy (non-hydrogen) atoms. The molecule has 0 unspecified atom stereocenters. The molecule has 172 valence electrons. The molecule has 2 saturated heterocycles. The van der Waals surface area contributed by atoms with Gasteiger partial charge < -0.3 is 14.4 Å². The molecule has 0 atom stereocenters. The van der Waals surface area contributed by atoms with Gasteiger partial charge in [-0.15, -0.1) is 13.2 Å². The first-order valence-corrected chi connectivity index (χ1v) is 10.1. The molecule has 2 fully saturated rings. The molecule has 2 aliphatic rings. The number of likely N-dealkylation sites (tertiary alicyclic amines) is 1. The standard InChI is InChI=1S/C22H21F5N2O3/c23-18-5-4-15(10-19(18)24)12-28-13-21(31-14-28)6-8-29(9-7-21)20(30)16-2-1-3-17(11-16)32-22(25,26)27/h1-5,10-11H,6-9,12-14H2. The summed E-state index contributed by atoms with van der Waals surface area (Å²) >= 11 is 0. The highest BCUT2D eigenvalue weighted by molar-refractivity contribution is 5.94. The maximum atomic E-state index is 13.4. The van der Waals surface area contributed by atoms with Crippen molar-refractivity contribution in [2.75, 3.05) is 26.4 Å². The highest BCUT2D eigenvalue weighted by Gasteiger charge is 2.42. The molecule has 1 spiro atoms. The molecule has 2 aliphatic heterocycles. The minimum atomic E-state index is -4.83. The predicted octanol–water partition coefficient (Wildman–Crippen LogP) is 4.33. The largest absolute Gasteiger partial charge is 0.573 e. The van der Waals surface area contributed by atoms with Gasteiger partial charge in [-0.3, -0.25) is 9.69 Å². The van der Waals surface area contributed by atoms with Crippen LogP contribution in [0.5, 0.6) is 5.75 Å². The van der Waals surface area contributed by atoms with Gasteiger partial charge in [0.1, 0.15) is 12.5 Å². The van der Waals surface area contributed by atoms with E-state index in [1.54, 1.807) is 4.90 Å². The number of hydrogen-bond acceptors (Lipinski definition) is 4. The lowest BCUT2D eigenvalue weighted by Crippen LogP contribution is -2.48. The highest BCUT2D eigenvalue weighted by atomic mass is 19.4. The molecular formula is C22H21F5N2O3. The second-order valence-corrected chi connectivity index (χ2v) is 8.06. The SMILES string of the molecule is O=C(c1cccc(OC(F)(F)F)c1)N1CCC2(CC1)CN(Cc1ccc(F)c(F)c1)CO2. The van der Waals surface area contributed by atoms with Crippen molar-refractivity contribution in [3.05, 3.63) is 65.2 Å². The van der Waals surface area contributed by atoms with E-state index in [2.05, 4.69) is 4.74 Å². The van der Waals surface area contributed by atoms with Crippen molar-refractivity contribution in [3.8, 4) is 5.75 Å². The zero-order valence-corrected chi connectivity index (χ0v) is 17.0. The van der Waals surface area contributed by atoms with Crippen LogP contribution in [0.15, 0.2) is 42.5 Å². The van der Waals surface area contributed by atoms with Crippen molar-refractivity contribution in [1.29, 1.82) is 0 Å². The third-order valence-electron chi connectivity index (χ3n) is 5.73. The summed E-state index contributed by atoms with van der Waals surface area (Å²) in [6, 6.07) is 8.80. The lowest BCUT2D eigenvalue weighted by molar-refractivity contribution is -0.274. The topological polar surface area (TPSA) is 42.0 Å². The number of hydrogen-bond donors (Lipinski definition) is 0. The normalized spacial score (nSPS) is 18.8. The van der Waals surface area contributed by atoms with Crippen molar-refractivity contribution in [2.45, 2.75) is 31.3 Å². The van der Waals surface area contributed by atoms with Crippen LogP contribution in [0.25, 0.3) is 0 Å². The third-order valence-corrected chi connectivity index (χ3v) is 5.73. The molecular weight excluding hydrogens is 435 g/mol. The van der Waals surface area contributed by atoms with Crippen LogP contribution in [-0.2, 0) is 11.3 Å². The number of carbonyl (C=O) groups excluding carboxylic acids is 1. The molecule has 2 heterocycles. The molecule has 0 saturated carbocycles. The summed E-state index contributed by atoms with van der Waals surface area (Å²) in [5.41, 5.74) is 0.310. The molecule has 2 aromatic rings. The van der Waals surface area contributed by atoms with Crippen molar-refractivity contribution in [1.82, 2.24) is 9.80 Å². The van der Waals surface area contributed by atoms with Gasteiger partial charge in [-0.05, 0) is 48.7 Å². The number of rotatable bonds is 4. The lowest BCUT2D eigenvalue weighted by Gasteiger charge is -2.38. The number of piperidine rings is 1. The van der Waals surface area contributed by atoms with Crippen LogP contribution in [0.4, 0.5) is 22.0 Å². The average Bonchev–Trinajstić information content (AvgIpc) is 3.12. The Bertz CT molecular complexity index is 990. The Kier molecular flexibility index (Phi) is 6.09. The van der Waals surface area contributed by atoms with Gasteiger partial charge in [0.2, 0.25) is 0 Å². The van der Waals surface area contributed by atoms with Gasteiger partial charge in [0.25, 0.3) is 5.91 Å². The molecule has 4 rings (SSSR count). The summed E-state index contributed by atoms with van der Waals surface area (Å²) in [6.45, 7) is 2.12. The van der Waals surface area contributed by atoms with E-state index in [1.165, 1.54) is 18.2 Å². The summed E-state index contributed by atoms with van der Waals surface area (Å²) in [7, 11) is 0. The molecule has 1 amide bonds. The first-order valence-electron chi connectivity index (χ1n) is 10.1. The van der Waals surface area contributed by atoms with E-state index in [0.29, 0.717) is 51.3 Å². The van der Waals surface area contributed by atoms with Gasteiger partial charge in [0.05, 0.1) is 5.60 Å². The highest BCUT2D eigenvalue weighted by Crippen LogP contribution is 2.33. The molecule has 0 radical (unpaired) electrons. The number of halogens is 5. The zero-order valence-electron chi connectivity index (χ0n) is 17.0. The predicted molar refractivity (Wildman–Crippen MR) is 104 cm³/mol. The Labute approximate surface area is 181 Å². The van der Waals surface area contributed by atoms with Crippen LogP contribution >= 0.6 is 0 Å². The fourth-order valence-electron chi connectivity index (χ4n) is 4.15. The summed E-state index contributed by atoms with van der Waals surface area (Å²) in [5.74, 6) is -2.60. The van der Waals surface area contributed by atoms with Gasteiger partial charge in [0.15, 0.2) is 11.6 Å². The van der Waals surface area contributed by atoms with Crippen molar-refractivity contribution >= 4 is 5.91 Å². The maximum Gasteiger partial charge on any atom is 0.573 e. The fourth-order valence-corrected chi connectivity index (χ4v) is 4.15. The number of ether oxygens (including phenoxy) is 2. The minimum absolute atomic E-state index is 0.120. The van der Waals surface area contributed by atoms with Gasteiger partial charge in [-0.2, -0.15) is 0 Å². The summed E-state index contributed by atoms with van der Waals surface area (Å²) in [5, 5.41) is 0. The summed E-state index contributed by atoms with van der Waals surface area (Å²) in [4.78, 5) is 16.3. The van der Waals surface area contributed by atoms with Crippen molar-refractivity contribution in [2.24, 2.45) is 0 Å². The van der Waals surface area contributed by atoms with E-state index < -0.39 is 29.3 Å². The minimum Gasteiger partial charge on any atom is -0.406 e. The van der Waals surface area contributed by atoms with Crippen LogP contribution < -0.4 is 4.74 Å². The van der Waals surface area contributed by atoms with E-state index in [9.17, 15) is 26.7 Å². The van der Waals surface area contributed by atoms with Crippen LogP contribution in [0.3, 0.4) is 0 Å². The molecule has 10 heteroatoms. The van der Waals surface area contributed by atoms with E-state index in [1.807, 2.05) is 4.90 Å². The van der Waals surface area contributed by atoms with Gasteiger partial charge in [0, 0.05) is 31.7 Å². The number of benzene rings is 2. The quantitative estimate of drug-likeness (QED) is 0.643. The van der Waals surface area contributed by atoms with E-state index in [4.69, 9.17) is 4.74 Å². The Morgan fingerprint density at radius 1 is 1.06 bits per heavy atom. The molecule has 0 aliphatic carbocycles. The Morgan fingerprint density at radius 2 is 1.81 bits per heavy atom. The van der Waals surface area contributed by atoms with Gasteiger partial charge in [-0.25, -0.2) is 8.78 Å². The molecule has 0 bridgehead atoms. The van der Waals surface area contributed by atoms with Gasteiger partial charge in [-0.1, -0.05) is 12.1 Å². The number of amides is 1. The first-order chi connectivity index (χ1) is 15.1. The summed E-state index contributed by atoms with van der Waals surface area (Å²) < 4.78 is 73.8. The maximum absolute atomic E-state index is 13.4. The molecule has 0 N–H and O–H groups in total. The molecule has 0 aromatic heterocycles. The second-order valence-electron chi connectivity index (χ2n) is 8.06. The Hall–Kier alpha value is -2.72. The average molecular weight is 456 g/mol. The summed E-state index contributed by atoms with van der Waals surface area (Å²) in [6.07, 6.45) is -3.71. The smallest absolute Gasteiger partial charge is 0.406 e. The Morgan fingerprint density at radius 3 is 2.50 bits per heavy atom. The molecule has 5 nitrogen and oxygen atoms in total. The van der Waals surface area contributed by atoms with Crippen LogP contribution in [0.1, 0.15) is 28.8 Å². The number of alkyl halides is 3. The van der Waals surface area contributed by atoms with E-state index in [-0.39, 0.29) is 11.5 Å². The first kappa shape index (κ1) is 22.5. The van der Waals surface area contributed by atoms with Gasteiger partial charge >= 0.3 is 6.36 Å². The second kappa shape index (κ2) is 8.67. The molecule has 2 aromatic carbocycles. The number of nitrogens with zero attached hydrogens (tertiary/aromatic N) is 2. The van der Waals surface area contributed by atoms with Crippen molar-refractivity contribution in [3.63, 3.8) is 0 Å². The lowest BCUT2D eigenvalue weighted by atomic mass is 9.91. The van der Waals surface area contributed by atoms with Crippen LogP contribution in [0.2, 0.25) is 0 Å². The van der Waals surface area contributed by atoms with Crippen molar-refractivity contribution < 1.29 is 36.2 Å². The fraction of sp³-hybridized carbons (Fsp3) is 0.409. The van der Waals surface area contributed by atoms with Crippen LogP contribution in [-0.4, -0.2) is 54.0 Å².